The van der Waals surface area contributed by atoms with Crippen molar-refractivity contribution in [3.05, 3.63) is 23.9 Å². The summed E-state index contributed by atoms with van der Waals surface area (Å²) >= 11 is 1.68. The Morgan fingerprint density at radius 3 is 3.00 bits per heavy atom. The van der Waals surface area contributed by atoms with E-state index in [1.165, 1.54) is 0 Å². The number of pyridine rings is 1. The third kappa shape index (κ3) is 6.45. The molecule has 3 N–H and O–H groups in total. The van der Waals surface area contributed by atoms with Gasteiger partial charge in [0, 0.05) is 18.3 Å². The molecule has 0 saturated heterocycles. The number of hydrogen-bond donors (Lipinski definition) is 2. The van der Waals surface area contributed by atoms with Crippen LogP contribution in [0.25, 0.3) is 0 Å². The number of nitrogens with two attached hydrogens (primary N) is 1. The largest absolute Gasteiger partial charge is 0.478 e. The van der Waals surface area contributed by atoms with Crippen LogP contribution in [0.4, 0.5) is 0 Å². The molecule has 1 atom stereocenters. The summed E-state index contributed by atoms with van der Waals surface area (Å²) in [6.07, 6.45) is 4.34. The molecule has 1 aromatic rings. The second kappa shape index (κ2) is 10.8. The smallest absolute Gasteiger partial charge is 0.237 e. The predicted octanol–water partition coefficient (Wildman–Crippen LogP) is 1.60. The second-order valence-corrected chi connectivity index (χ2v) is 4.99. The molecule has 0 radical (unpaired) electrons. The van der Waals surface area contributed by atoms with E-state index in [1.54, 1.807) is 18.0 Å². The van der Waals surface area contributed by atoms with E-state index < -0.39 is 6.04 Å². The Morgan fingerprint density at radius 1 is 1.60 bits per heavy atom. The van der Waals surface area contributed by atoms with Crippen molar-refractivity contribution in [2.45, 2.75) is 25.9 Å². The Morgan fingerprint density at radius 2 is 2.35 bits per heavy atom. The van der Waals surface area contributed by atoms with Gasteiger partial charge in [0.1, 0.15) is 0 Å². The highest BCUT2D eigenvalue weighted by molar-refractivity contribution is 7.98. The molecular weight excluding hydrogens is 298 g/mol. The zero-order valence-electron chi connectivity index (χ0n) is 11.8. The molecule has 1 rings (SSSR count). The number of carbonyl (C=O) groups excluding carboxylic acids is 1. The van der Waals surface area contributed by atoms with Gasteiger partial charge in [0.05, 0.1) is 12.6 Å². The first-order valence-electron chi connectivity index (χ1n) is 6.28. The van der Waals surface area contributed by atoms with Gasteiger partial charge in [-0.15, -0.1) is 12.4 Å². The fourth-order valence-electron chi connectivity index (χ4n) is 1.51. The Balaban J connectivity index is 0.00000361. The molecule has 0 aliphatic rings. The van der Waals surface area contributed by atoms with Crippen LogP contribution in [0.2, 0.25) is 0 Å². The van der Waals surface area contributed by atoms with Gasteiger partial charge in [-0.2, -0.15) is 11.8 Å². The van der Waals surface area contributed by atoms with Crippen molar-refractivity contribution in [1.82, 2.24) is 10.3 Å². The monoisotopic (exact) mass is 319 g/mol. The van der Waals surface area contributed by atoms with E-state index in [0.29, 0.717) is 25.5 Å². The molecule has 1 heterocycles. The van der Waals surface area contributed by atoms with Crippen molar-refractivity contribution in [2.75, 3.05) is 18.6 Å². The van der Waals surface area contributed by atoms with E-state index in [-0.39, 0.29) is 18.3 Å². The number of ether oxygens (including phenoxy) is 1. The standard InChI is InChI=1S/C13H21N3O2S.ClH/c1-3-18-13-10(5-4-7-15-13)9-16-12(17)11(14)6-8-19-2;/h4-5,7,11H,3,6,8-9,14H2,1-2H3,(H,16,17);1H. The number of aromatic nitrogens is 1. The highest BCUT2D eigenvalue weighted by Crippen LogP contribution is 2.13. The lowest BCUT2D eigenvalue weighted by Gasteiger charge is -2.13. The lowest BCUT2D eigenvalue weighted by molar-refractivity contribution is -0.122. The summed E-state index contributed by atoms with van der Waals surface area (Å²) in [5, 5.41) is 2.81. The molecule has 5 nitrogen and oxygen atoms in total. The summed E-state index contributed by atoms with van der Waals surface area (Å²) in [5.41, 5.74) is 6.65. The molecule has 1 aromatic heterocycles. The van der Waals surface area contributed by atoms with Crippen LogP contribution in [0, 0.1) is 0 Å². The number of rotatable bonds is 8. The van der Waals surface area contributed by atoms with Gasteiger partial charge >= 0.3 is 0 Å². The first-order chi connectivity index (χ1) is 9.19. The van der Waals surface area contributed by atoms with Crippen LogP contribution in [0.5, 0.6) is 5.88 Å². The summed E-state index contributed by atoms with van der Waals surface area (Å²) in [6, 6.07) is 3.24. The van der Waals surface area contributed by atoms with E-state index in [2.05, 4.69) is 10.3 Å². The molecule has 114 valence electrons. The molecule has 0 aromatic carbocycles. The van der Waals surface area contributed by atoms with E-state index in [0.717, 1.165) is 11.3 Å². The molecule has 0 fully saturated rings. The minimum Gasteiger partial charge on any atom is -0.478 e. The minimum atomic E-state index is -0.459. The Kier molecular flexibility index (Phi) is 10.2. The van der Waals surface area contributed by atoms with Gasteiger partial charge in [-0.25, -0.2) is 4.98 Å². The van der Waals surface area contributed by atoms with Crippen molar-refractivity contribution in [1.29, 1.82) is 0 Å². The summed E-state index contributed by atoms with van der Waals surface area (Å²) in [4.78, 5) is 15.9. The number of halogens is 1. The van der Waals surface area contributed by atoms with Crippen LogP contribution in [-0.4, -0.2) is 35.5 Å². The fraction of sp³-hybridized carbons (Fsp3) is 0.538. The third-order valence-corrected chi connectivity index (χ3v) is 3.20. The molecule has 0 spiro atoms. The zero-order valence-corrected chi connectivity index (χ0v) is 13.4. The average molecular weight is 320 g/mol. The fourth-order valence-corrected chi connectivity index (χ4v) is 2.00. The van der Waals surface area contributed by atoms with Gasteiger partial charge < -0.3 is 15.8 Å². The molecular formula is C13H22ClN3O2S. The van der Waals surface area contributed by atoms with Gasteiger partial charge in [-0.3, -0.25) is 4.79 Å². The summed E-state index contributed by atoms with van der Waals surface area (Å²) < 4.78 is 5.40. The topological polar surface area (TPSA) is 77.2 Å². The van der Waals surface area contributed by atoms with E-state index in [9.17, 15) is 4.79 Å². The summed E-state index contributed by atoms with van der Waals surface area (Å²) in [6.45, 7) is 2.83. The summed E-state index contributed by atoms with van der Waals surface area (Å²) in [5.74, 6) is 1.30. The molecule has 0 saturated carbocycles. The Bertz CT molecular complexity index is 407. The maximum Gasteiger partial charge on any atom is 0.237 e. The van der Waals surface area contributed by atoms with Crippen LogP contribution < -0.4 is 15.8 Å². The molecule has 20 heavy (non-hydrogen) atoms. The molecule has 1 amide bonds. The molecule has 7 heteroatoms. The predicted molar refractivity (Wildman–Crippen MR) is 85.5 cm³/mol. The van der Waals surface area contributed by atoms with Gasteiger partial charge in [0.15, 0.2) is 0 Å². The first-order valence-corrected chi connectivity index (χ1v) is 7.67. The average Bonchev–Trinajstić information content (AvgIpc) is 2.43. The highest BCUT2D eigenvalue weighted by Gasteiger charge is 2.13. The van der Waals surface area contributed by atoms with Crippen LogP contribution in [-0.2, 0) is 11.3 Å². The van der Waals surface area contributed by atoms with Crippen molar-refractivity contribution in [2.24, 2.45) is 5.73 Å². The highest BCUT2D eigenvalue weighted by atomic mass is 35.5. The van der Waals surface area contributed by atoms with E-state index in [1.807, 2.05) is 25.3 Å². The van der Waals surface area contributed by atoms with Crippen molar-refractivity contribution in [3.63, 3.8) is 0 Å². The lowest BCUT2D eigenvalue weighted by Crippen LogP contribution is -2.40. The van der Waals surface area contributed by atoms with Crippen LogP contribution in [0.3, 0.4) is 0 Å². The number of carbonyl (C=O) groups is 1. The number of nitrogens with one attached hydrogen (secondary N) is 1. The second-order valence-electron chi connectivity index (χ2n) is 4.01. The molecule has 0 aliphatic carbocycles. The number of nitrogens with zero attached hydrogens (tertiary/aromatic N) is 1. The molecule has 1 unspecified atom stereocenters. The van der Waals surface area contributed by atoms with Crippen LogP contribution >= 0.6 is 24.2 Å². The van der Waals surface area contributed by atoms with Crippen molar-refractivity contribution >= 4 is 30.1 Å². The van der Waals surface area contributed by atoms with Gasteiger partial charge in [0.25, 0.3) is 0 Å². The lowest BCUT2D eigenvalue weighted by atomic mass is 10.2. The molecule has 0 bridgehead atoms. The van der Waals surface area contributed by atoms with Crippen LogP contribution in [0.15, 0.2) is 18.3 Å². The SMILES string of the molecule is CCOc1ncccc1CNC(=O)C(N)CCSC.Cl. The zero-order chi connectivity index (χ0) is 14.1. The Hall–Kier alpha value is -0.980. The maximum atomic E-state index is 11.8. The molecule has 0 aliphatic heterocycles. The Labute approximate surface area is 130 Å². The number of thioether (sulfide) groups is 1. The maximum absolute atomic E-state index is 11.8. The van der Waals surface area contributed by atoms with Gasteiger partial charge in [0.2, 0.25) is 11.8 Å². The van der Waals surface area contributed by atoms with Crippen molar-refractivity contribution < 1.29 is 9.53 Å². The number of hydrogen-bond acceptors (Lipinski definition) is 5. The first kappa shape index (κ1) is 19.0. The van der Waals surface area contributed by atoms with Gasteiger partial charge in [-0.1, -0.05) is 6.07 Å². The van der Waals surface area contributed by atoms with Crippen molar-refractivity contribution in [3.8, 4) is 5.88 Å². The summed E-state index contributed by atoms with van der Waals surface area (Å²) in [7, 11) is 0. The van der Waals surface area contributed by atoms with Crippen LogP contribution in [0.1, 0.15) is 18.9 Å². The third-order valence-electron chi connectivity index (χ3n) is 2.55. The number of amides is 1. The van der Waals surface area contributed by atoms with E-state index in [4.69, 9.17) is 10.5 Å². The van der Waals surface area contributed by atoms with E-state index >= 15 is 0 Å². The quantitative estimate of drug-likeness (QED) is 0.761. The van der Waals surface area contributed by atoms with Gasteiger partial charge in [-0.05, 0) is 31.4 Å². The normalized spacial score (nSPS) is 11.3. The minimum absolute atomic E-state index is 0.